The first-order chi connectivity index (χ1) is 16.0. The number of hydrogen-bond donors (Lipinski definition) is 2. The van der Waals surface area contributed by atoms with E-state index in [1.54, 1.807) is 25.1 Å². The number of pyridine rings is 1. The highest BCUT2D eigenvalue weighted by Crippen LogP contribution is 2.42. The zero-order valence-corrected chi connectivity index (χ0v) is 17.9. The van der Waals surface area contributed by atoms with Gasteiger partial charge in [-0.25, -0.2) is 9.67 Å². The molecule has 0 fully saturated rings. The summed E-state index contributed by atoms with van der Waals surface area (Å²) in [6.45, 7) is 1.78. The summed E-state index contributed by atoms with van der Waals surface area (Å²) in [6, 6.07) is 6.55. The molecule has 12 heteroatoms. The van der Waals surface area contributed by atoms with Crippen LogP contribution in [0.25, 0.3) is 5.69 Å². The van der Waals surface area contributed by atoms with Gasteiger partial charge in [0.25, 0.3) is 0 Å². The first-order valence-corrected chi connectivity index (χ1v) is 10.6. The number of nitrogens with one attached hydrogen (secondary N) is 1. The average Bonchev–Trinajstić information content (AvgIpc) is 3.30. The van der Waals surface area contributed by atoms with E-state index < -0.39 is 30.2 Å². The number of halogens is 5. The molecular formula is C22H20F5N5O2. The van der Waals surface area contributed by atoms with Crippen LogP contribution in [0.4, 0.5) is 27.8 Å². The van der Waals surface area contributed by atoms with E-state index in [0.717, 1.165) is 0 Å². The summed E-state index contributed by atoms with van der Waals surface area (Å²) in [5.74, 6) is 0.200. The predicted molar refractivity (Wildman–Crippen MR) is 111 cm³/mol. The maximum absolute atomic E-state index is 13.6. The zero-order chi connectivity index (χ0) is 24.3. The number of alkyl halides is 5. The lowest BCUT2D eigenvalue weighted by Crippen LogP contribution is -2.25. The van der Waals surface area contributed by atoms with Gasteiger partial charge in [0.05, 0.1) is 17.4 Å². The highest BCUT2D eigenvalue weighted by atomic mass is 19.4. The van der Waals surface area contributed by atoms with Gasteiger partial charge in [-0.3, -0.25) is 0 Å². The summed E-state index contributed by atoms with van der Waals surface area (Å²) >= 11 is 0. The number of nitrogens with zero attached hydrogens (tertiary/aromatic N) is 3. The highest BCUT2D eigenvalue weighted by Gasteiger charge is 2.43. The number of benzene rings is 1. The van der Waals surface area contributed by atoms with Crippen molar-refractivity contribution in [2.45, 2.75) is 50.7 Å². The van der Waals surface area contributed by atoms with Crippen LogP contribution in [-0.4, -0.2) is 21.1 Å². The van der Waals surface area contributed by atoms with Crippen LogP contribution >= 0.6 is 0 Å². The topological polar surface area (TPSA) is 87.2 Å². The van der Waals surface area contributed by atoms with Gasteiger partial charge in [-0.05, 0) is 49.9 Å². The van der Waals surface area contributed by atoms with Crippen molar-refractivity contribution in [1.82, 2.24) is 14.8 Å². The Morgan fingerprint density at radius 1 is 1.18 bits per heavy atom. The molecule has 1 aliphatic heterocycles. The van der Waals surface area contributed by atoms with Crippen LogP contribution < -0.4 is 20.5 Å². The molecule has 1 aliphatic carbocycles. The second-order valence-corrected chi connectivity index (χ2v) is 8.26. The Kier molecular flexibility index (Phi) is 5.15. The lowest BCUT2D eigenvalue weighted by Gasteiger charge is -2.21. The number of ether oxygens (including phenoxy) is 2. The van der Waals surface area contributed by atoms with Gasteiger partial charge in [0, 0.05) is 23.9 Å². The van der Waals surface area contributed by atoms with Gasteiger partial charge in [-0.1, -0.05) is 6.07 Å². The molecule has 0 saturated carbocycles. The smallest absolute Gasteiger partial charge is 0.395 e. The maximum Gasteiger partial charge on any atom is 0.586 e. The number of rotatable bonds is 4. The van der Waals surface area contributed by atoms with Crippen LogP contribution in [0.15, 0.2) is 36.5 Å². The number of anilines is 1. The van der Waals surface area contributed by atoms with Crippen molar-refractivity contribution in [3.05, 3.63) is 59.0 Å². The molecule has 0 amide bonds. The fourth-order valence-corrected chi connectivity index (χ4v) is 4.32. The Bertz CT molecular complexity index is 1240. The van der Waals surface area contributed by atoms with Gasteiger partial charge >= 0.3 is 12.5 Å². The summed E-state index contributed by atoms with van der Waals surface area (Å²) in [6.07, 6.45) is -5.48. The molecule has 180 valence electrons. The minimum Gasteiger partial charge on any atom is -0.395 e. The quantitative estimate of drug-likeness (QED) is 0.504. The molecule has 7 nitrogen and oxygen atoms in total. The Hall–Kier alpha value is -3.41. The Morgan fingerprint density at radius 2 is 1.94 bits per heavy atom. The highest BCUT2D eigenvalue weighted by molar-refractivity contribution is 5.51. The molecule has 3 heterocycles. The van der Waals surface area contributed by atoms with Crippen LogP contribution in [0, 0.1) is 0 Å². The number of aromatic nitrogens is 3. The van der Waals surface area contributed by atoms with E-state index in [1.807, 2.05) is 0 Å². The summed E-state index contributed by atoms with van der Waals surface area (Å²) in [7, 11) is 0. The van der Waals surface area contributed by atoms with Crippen LogP contribution in [0.2, 0.25) is 0 Å². The minimum absolute atomic E-state index is 0.0682. The molecule has 2 atom stereocenters. The molecule has 5 rings (SSSR count). The second kappa shape index (κ2) is 7.83. The summed E-state index contributed by atoms with van der Waals surface area (Å²) in [4.78, 5) is 4.23. The Morgan fingerprint density at radius 3 is 2.71 bits per heavy atom. The normalized spacial score (nSPS) is 19.6. The van der Waals surface area contributed by atoms with Crippen molar-refractivity contribution in [3.8, 4) is 17.2 Å². The van der Waals surface area contributed by atoms with E-state index in [2.05, 4.69) is 24.9 Å². The van der Waals surface area contributed by atoms with Crippen LogP contribution in [0.1, 0.15) is 54.4 Å². The monoisotopic (exact) mass is 481 g/mol. The second-order valence-electron chi connectivity index (χ2n) is 8.26. The molecule has 0 saturated heterocycles. The van der Waals surface area contributed by atoms with Crippen LogP contribution in [-0.2, 0) is 12.6 Å². The maximum atomic E-state index is 13.6. The lowest BCUT2D eigenvalue weighted by molar-refractivity contribution is -0.286. The van der Waals surface area contributed by atoms with Crippen molar-refractivity contribution in [1.29, 1.82) is 0 Å². The van der Waals surface area contributed by atoms with Crippen molar-refractivity contribution < 1.29 is 31.4 Å². The van der Waals surface area contributed by atoms with Crippen molar-refractivity contribution in [3.63, 3.8) is 0 Å². The SMILES string of the molecule is C[C@H](Nc1cc(-n2nc(C(F)(F)F)c3c2C(N)CCC3)ccn1)c1ccc2c(c1)OC(F)(F)O2. The van der Waals surface area contributed by atoms with Crippen LogP contribution in [0.3, 0.4) is 0 Å². The molecule has 3 N–H and O–H groups in total. The molecule has 1 unspecified atom stereocenters. The largest absolute Gasteiger partial charge is 0.586 e. The van der Waals surface area contributed by atoms with Crippen molar-refractivity contribution in [2.24, 2.45) is 5.73 Å². The molecular weight excluding hydrogens is 461 g/mol. The average molecular weight is 481 g/mol. The van der Waals surface area contributed by atoms with Gasteiger partial charge in [0.1, 0.15) is 5.82 Å². The van der Waals surface area contributed by atoms with Crippen molar-refractivity contribution in [2.75, 3.05) is 5.32 Å². The number of hydrogen-bond acceptors (Lipinski definition) is 6. The Labute approximate surface area is 190 Å². The summed E-state index contributed by atoms with van der Waals surface area (Å²) < 4.78 is 77.5. The van der Waals surface area contributed by atoms with Crippen molar-refractivity contribution >= 4 is 5.82 Å². The molecule has 2 aromatic heterocycles. The summed E-state index contributed by atoms with van der Waals surface area (Å²) in [5.41, 5.74) is 6.71. The molecule has 1 aromatic carbocycles. The van der Waals surface area contributed by atoms with E-state index in [0.29, 0.717) is 35.6 Å². The third-order valence-corrected chi connectivity index (χ3v) is 5.86. The first kappa shape index (κ1) is 22.4. The molecule has 0 radical (unpaired) electrons. The fourth-order valence-electron chi connectivity index (χ4n) is 4.32. The molecule has 0 spiro atoms. The standard InChI is InChI=1S/C22H20F5N5O2/c1-11(12-5-6-16-17(9-12)34-22(26,27)33-16)30-18-10-13(7-8-29-18)32-19-14(3-2-4-15(19)28)20(31-32)21(23,24)25/h5-11,15H,2-4,28H2,1H3,(H,29,30)/t11-,15?/m0/s1. The number of fused-ring (bicyclic) bond motifs is 2. The van der Waals surface area contributed by atoms with Gasteiger partial charge in [0.2, 0.25) is 0 Å². The minimum atomic E-state index is -4.59. The third kappa shape index (κ3) is 4.02. The van der Waals surface area contributed by atoms with Crippen LogP contribution in [0.5, 0.6) is 11.5 Å². The van der Waals surface area contributed by atoms with Gasteiger partial charge < -0.3 is 20.5 Å². The molecule has 3 aromatic rings. The fraction of sp³-hybridized carbons (Fsp3) is 0.364. The summed E-state index contributed by atoms with van der Waals surface area (Å²) in [5, 5.41) is 6.99. The van der Waals surface area contributed by atoms with Gasteiger partial charge in [-0.15, -0.1) is 8.78 Å². The van der Waals surface area contributed by atoms with Gasteiger partial charge in [0.15, 0.2) is 17.2 Å². The van der Waals surface area contributed by atoms with E-state index in [9.17, 15) is 22.0 Å². The van der Waals surface area contributed by atoms with E-state index in [-0.39, 0.29) is 23.5 Å². The third-order valence-electron chi connectivity index (χ3n) is 5.86. The van der Waals surface area contributed by atoms with E-state index >= 15 is 0 Å². The Balaban J connectivity index is 1.44. The molecule has 0 bridgehead atoms. The van der Waals surface area contributed by atoms with E-state index in [4.69, 9.17) is 5.73 Å². The first-order valence-electron chi connectivity index (χ1n) is 10.6. The van der Waals surface area contributed by atoms with Gasteiger partial charge in [-0.2, -0.15) is 18.3 Å². The van der Waals surface area contributed by atoms with E-state index in [1.165, 1.54) is 23.0 Å². The lowest BCUT2D eigenvalue weighted by atomic mass is 9.92. The number of nitrogens with two attached hydrogens (primary N) is 1. The zero-order valence-electron chi connectivity index (χ0n) is 17.9. The molecule has 2 aliphatic rings. The molecule has 34 heavy (non-hydrogen) atoms. The predicted octanol–water partition coefficient (Wildman–Crippen LogP) is 5.12.